The van der Waals surface area contributed by atoms with E-state index in [1.54, 1.807) is 0 Å². The van der Waals surface area contributed by atoms with Crippen LogP contribution in [0.4, 0.5) is 0 Å². The van der Waals surface area contributed by atoms with E-state index in [0.29, 0.717) is 17.5 Å². The van der Waals surface area contributed by atoms with Gasteiger partial charge in [0, 0.05) is 38.4 Å². The van der Waals surface area contributed by atoms with E-state index >= 15 is 0 Å². The van der Waals surface area contributed by atoms with Gasteiger partial charge in [-0.1, -0.05) is 153 Å². The van der Waals surface area contributed by atoms with Crippen molar-refractivity contribution in [3.05, 3.63) is 175 Å². The lowest BCUT2D eigenvalue weighted by Crippen LogP contribution is -2.14. The van der Waals surface area contributed by atoms with Crippen molar-refractivity contribution in [3.8, 4) is 67.5 Å². The van der Waals surface area contributed by atoms with Gasteiger partial charge in [0.2, 0.25) is 0 Å². The van der Waals surface area contributed by atoms with Crippen molar-refractivity contribution in [2.24, 2.45) is 0 Å². The number of rotatable bonds is 5. The molecule has 246 valence electrons. The Bertz CT molecular complexity index is 2800. The molecule has 0 fully saturated rings. The average molecular weight is 668 g/mol. The van der Waals surface area contributed by atoms with Crippen LogP contribution in [0.2, 0.25) is 0 Å². The summed E-state index contributed by atoms with van der Waals surface area (Å²) < 4.78 is 6.82. The van der Waals surface area contributed by atoms with Crippen LogP contribution in [0.1, 0.15) is 25.0 Å². The Kier molecular flexibility index (Phi) is 6.80. The summed E-state index contributed by atoms with van der Waals surface area (Å²) in [4.78, 5) is 15.3. The minimum absolute atomic E-state index is 0.0767. The predicted octanol–water partition coefficient (Wildman–Crippen LogP) is 12.4. The molecule has 0 radical (unpaired) electrons. The van der Waals surface area contributed by atoms with Gasteiger partial charge >= 0.3 is 0 Å². The summed E-state index contributed by atoms with van der Waals surface area (Å²) in [6, 6.07) is 57.1. The molecule has 2 aromatic heterocycles. The summed E-state index contributed by atoms with van der Waals surface area (Å²) in [5, 5.41) is 2.14. The molecular formula is C48H33N3O. The SMILES string of the molecule is CC1(C)c2ccccc2-c2cc(-c3nc(-c4ccccc4)nc(-c4ccc5c(c4)oc4c(-c6ccccc6)ccc(-c6ccccc6)c45)n3)ccc21. The van der Waals surface area contributed by atoms with E-state index in [1.165, 1.54) is 22.3 Å². The van der Waals surface area contributed by atoms with Crippen LogP contribution in [-0.4, -0.2) is 15.0 Å². The largest absolute Gasteiger partial charge is 0.455 e. The summed E-state index contributed by atoms with van der Waals surface area (Å²) in [6.45, 7) is 4.59. The molecule has 0 N–H and O–H groups in total. The zero-order valence-electron chi connectivity index (χ0n) is 28.8. The molecule has 1 aliphatic carbocycles. The molecule has 0 unspecified atom stereocenters. The first-order valence-corrected chi connectivity index (χ1v) is 17.7. The monoisotopic (exact) mass is 667 g/mol. The number of fused-ring (bicyclic) bond motifs is 6. The summed E-state index contributed by atoms with van der Waals surface area (Å²) in [5.41, 5.74) is 13.9. The topological polar surface area (TPSA) is 51.8 Å². The Morgan fingerprint density at radius 2 is 0.923 bits per heavy atom. The highest BCUT2D eigenvalue weighted by atomic mass is 16.3. The highest BCUT2D eigenvalue weighted by Crippen LogP contribution is 2.49. The maximum Gasteiger partial charge on any atom is 0.164 e. The quantitative estimate of drug-likeness (QED) is 0.183. The van der Waals surface area contributed by atoms with E-state index in [2.05, 4.69) is 135 Å². The van der Waals surface area contributed by atoms with Crippen molar-refractivity contribution < 1.29 is 4.42 Å². The first kappa shape index (κ1) is 30.2. The van der Waals surface area contributed by atoms with Crippen molar-refractivity contribution in [2.75, 3.05) is 0 Å². The Balaban J connectivity index is 1.17. The first-order chi connectivity index (χ1) is 25.5. The molecule has 9 aromatic rings. The molecule has 52 heavy (non-hydrogen) atoms. The minimum atomic E-state index is -0.0767. The third-order valence-corrected chi connectivity index (χ3v) is 10.6. The fourth-order valence-electron chi connectivity index (χ4n) is 7.93. The lowest BCUT2D eigenvalue weighted by Gasteiger charge is -2.21. The molecule has 4 nitrogen and oxygen atoms in total. The molecule has 0 aliphatic heterocycles. The van der Waals surface area contributed by atoms with Gasteiger partial charge in [-0.15, -0.1) is 0 Å². The zero-order valence-corrected chi connectivity index (χ0v) is 28.8. The third-order valence-electron chi connectivity index (χ3n) is 10.6. The highest BCUT2D eigenvalue weighted by molar-refractivity contribution is 6.16. The van der Waals surface area contributed by atoms with Crippen LogP contribution in [0.3, 0.4) is 0 Å². The van der Waals surface area contributed by atoms with E-state index < -0.39 is 0 Å². The summed E-state index contributed by atoms with van der Waals surface area (Å²) in [5.74, 6) is 1.86. The van der Waals surface area contributed by atoms with Gasteiger partial charge in [0.15, 0.2) is 17.5 Å². The van der Waals surface area contributed by atoms with Crippen molar-refractivity contribution in [1.82, 2.24) is 15.0 Å². The van der Waals surface area contributed by atoms with Gasteiger partial charge in [0.1, 0.15) is 11.2 Å². The second kappa shape index (κ2) is 11.7. The maximum atomic E-state index is 6.82. The second-order valence-corrected chi connectivity index (χ2v) is 14.0. The van der Waals surface area contributed by atoms with Gasteiger partial charge in [-0.2, -0.15) is 0 Å². The summed E-state index contributed by atoms with van der Waals surface area (Å²) >= 11 is 0. The van der Waals surface area contributed by atoms with Crippen LogP contribution in [0, 0.1) is 0 Å². The predicted molar refractivity (Wildman–Crippen MR) is 212 cm³/mol. The van der Waals surface area contributed by atoms with Gasteiger partial charge in [0.05, 0.1) is 0 Å². The molecule has 0 saturated heterocycles. The van der Waals surface area contributed by atoms with Gasteiger partial charge in [-0.3, -0.25) is 0 Å². The smallest absolute Gasteiger partial charge is 0.164 e. The van der Waals surface area contributed by atoms with Gasteiger partial charge in [-0.25, -0.2) is 15.0 Å². The van der Waals surface area contributed by atoms with Crippen LogP contribution in [-0.2, 0) is 5.41 Å². The number of nitrogens with zero attached hydrogens (tertiary/aromatic N) is 3. The fourth-order valence-corrected chi connectivity index (χ4v) is 7.93. The van der Waals surface area contributed by atoms with Crippen molar-refractivity contribution in [1.29, 1.82) is 0 Å². The molecule has 0 saturated carbocycles. The maximum absolute atomic E-state index is 6.82. The van der Waals surface area contributed by atoms with Crippen LogP contribution in [0.25, 0.3) is 89.5 Å². The summed E-state index contributed by atoms with van der Waals surface area (Å²) in [7, 11) is 0. The van der Waals surface area contributed by atoms with Crippen LogP contribution in [0.15, 0.2) is 168 Å². The van der Waals surface area contributed by atoms with E-state index in [-0.39, 0.29) is 5.41 Å². The Hall–Kier alpha value is -6.65. The van der Waals surface area contributed by atoms with Gasteiger partial charge < -0.3 is 4.42 Å². The molecule has 1 aliphatic rings. The molecule has 0 spiro atoms. The molecule has 4 heteroatoms. The van der Waals surface area contributed by atoms with E-state index in [1.807, 2.05) is 42.5 Å². The number of hydrogen-bond acceptors (Lipinski definition) is 4. The van der Waals surface area contributed by atoms with Crippen molar-refractivity contribution in [2.45, 2.75) is 19.3 Å². The molecule has 2 heterocycles. The molecule has 10 rings (SSSR count). The van der Waals surface area contributed by atoms with Crippen molar-refractivity contribution >= 4 is 21.9 Å². The van der Waals surface area contributed by atoms with E-state index in [4.69, 9.17) is 19.4 Å². The zero-order chi connectivity index (χ0) is 34.8. The standard InChI is InChI=1S/C48H33N3O/c1-48(2)40-21-13-12-20-37(40)39-28-33(23-27-41(39)48)46-49-45(32-18-10-5-11-19-32)50-47(51-46)34-22-24-38-42(29-34)52-44-36(31-16-8-4-9-17-31)26-25-35(43(38)44)30-14-6-3-7-15-30/h3-29H,1-2H3. The van der Waals surface area contributed by atoms with Crippen LogP contribution >= 0.6 is 0 Å². The third kappa shape index (κ3) is 4.79. The van der Waals surface area contributed by atoms with E-state index in [0.717, 1.165) is 60.9 Å². The highest BCUT2D eigenvalue weighted by Gasteiger charge is 2.35. The average Bonchev–Trinajstić information content (AvgIpc) is 3.70. The van der Waals surface area contributed by atoms with Crippen molar-refractivity contribution in [3.63, 3.8) is 0 Å². The second-order valence-electron chi connectivity index (χ2n) is 14.0. The van der Waals surface area contributed by atoms with Crippen LogP contribution < -0.4 is 0 Å². The Morgan fingerprint density at radius 3 is 1.62 bits per heavy atom. The molecule has 0 amide bonds. The lowest BCUT2D eigenvalue weighted by atomic mass is 9.82. The molecule has 0 atom stereocenters. The number of hydrogen-bond donors (Lipinski definition) is 0. The Morgan fingerprint density at radius 1 is 0.404 bits per heavy atom. The minimum Gasteiger partial charge on any atom is -0.455 e. The van der Waals surface area contributed by atoms with Gasteiger partial charge in [0.25, 0.3) is 0 Å². The number of furan rings is 1. The normalized spacial score (nSPS) is 13.0. The number of aromatic nitrogens is 3. The Labute approximate surface area is 302 Å². The summed E-state index contributed by atoms with van der Waals surface area (Å²) in [6.07, 6.45) is 0. The number of benzene rings is 7. The van der Waals surface area contributed by atoms with E-state index in [9.17, 15) is 0 Å². The molecule has 7 aromatic carbocycles. The lowest BCUT2D eigenvalue weighted by molar-refractivity contribution is 0.660. The first-order valence-electron chi connectivity index (χ1n) is 17.7. The van der Waals surface area contributed by atoms with Crippen LogP contribution in [0.5, 0.6) is 0 Å². The molecule has 0 bridgehead atoms. The van der Waals surface area contributed by atoms with Gasteiger partial charge in [-0.05, 0) is 63.2 Å². The fraction of sp³-hybridized carbons (Fsp3) is 0.0625. The molecular weight excluding hydrogens is 635 g/mol.